The lowest BCUT2D eigenvalue weighted by molar-refractivity contribution is 0.0685. The number of aromatic carboxylic acids is 1. The molecular weight excluding hydrogens is 276 g/mol. The van der Waals surface area contributed by atoms with Crippen LogP contribution >= 0.6 is 0 Å². The van der Waals surface area contributed by atoms with Crippen LogP contribution < -0.4 is 5.56 Å². The molecule has 0 amide bonds. The fourth-order valence-electron chi connectivity index (χ4n) is 2.51. The van der Waals surface area contributed by atoms with Gasteiger partial charge in [0.05, 0.1) is 6.54 Å². The summed E-state index contributed by atoms with van der Waals surface area (Å²) < 4.78 is 6.37. The molecule has 3 rings (SSSR count). The van der Waals surface area contributed by atoms with E-state index in [1.54, 1.807) is 6.07 Å². The zero-order valence-corrected chi connectivity index (χ0v) is 11.0. The average Bonchev–Trinajstić information content (AvgIpc) is 2.91. The average molecular weight is 288 g/mol. The minimum atomic E-state index is -1.19. The third kappa shape index (κ3) is 2.37. The van der Waals surface area contributed by atoms with E-state index in [1.807, 2.05) is 0 Å². The Morgan fingerprint density at radius 2 is 2.14 bits per heavy atom. The van der Waals surface area contributed by atoms with E-state index < -0.39 is 5.97 Å². The quantitative estimate of drug-likeness (QED) is 0.907. The van der Waals surface area contributed by atoms with E-state index in [9.17, 15) is 14.4 Å². The Balaban J connectivity index is 2.01. The predicted molar refractivity (Wildman–Crippen MR) is 70.5 cm³/mol. The monoisotopic (exact) mass is 288 g/mol. The van der Waals surface area contributed by atoms with E-state index in [0.29, 0.717) is 30.5 Å². The van der Waals surface area contributed by atoms with Crippen molar-refractivity contribution >= 4 is 11.8 Å². The maximum atomic E-state index is 12.0. The first kappa shape index (κ1) is 13.3. The highest BCUT2D eigenvalue weighted by Crippen LogP contribution is 2.20. The zero-order chi connectivity index (χ0) is 15.0. The summed E-state index contributed by atoms with van der Waals surface area (Å²) >= 11 is 0. The van der Waals surface area contributed by atoms with Gasteiger partial charge in [0.25, 0.3) is 5.56 Å². The molecule has 2 aromatic heterocycles. The summed E-state index contributed by atoms with van der Waals surface area (Å²) in [5, 5.41) is 12.2. The summed E-state index contributed by atoms with van der Waals surface area (Å²) in [5.74, 6) is -0.905. The lowest BCUT2D eigenvalue weighted by atomic mass is 9.94. The number of ketones is 1. The highest BCUT2D eigenvalue weighted by molar-refractivity contribution is 5.98. The van der Waals surface area contributed by atoms with Crippen LogP contribution in [0.15, 0.2) is 27.5 Å². The molecule has 0 saturated carbocycles. The lowest BCUT2D eigenvalue weighted by Gasteiger charge is -2.19. The first-order valence-electron chi connectivity index (χ1n) is 6.51. The van der Waals surface area contributed by atoms with E-state index >= 15 is 0 Å². The number of hydrogen-bond acceptors (Lipinski definition) is 5. The number of nitrogens with zero attached hydrogens (tertiary/aromatic N) is 2. The molecule has 7 nitrogen and oxygen atoms in total. The maximum absolute atomic E-state index is 12.0. The van der Waals surface area contributed by atoms with E-state index in [-0.39, 0.29) is 29.3 Å². The van der Waals surface area contributed by atoms with Crippen LogP contribution in [-0.2, 0) is 13.0 Å². The Morgan fingerprint density at radius 3 is 2.86 bits per heavy atom. The Morgan fingerprint density at radius 1 is 1.33 bits per heavy atom. The van der Waals surface area contributed by atoms with Gasteiger partial charge in [-0.2, -0.15) is 0 Å². The number of hydrogen-bond donors (Lipinski definition) is 1. The number of rotatable bonds is 3. The molecule has 0 bridgehead atoms. The van der Waals surface area contributed by atoms with Gasteiger partial charge in [-0.25, -0.2) is 4.79 Å². The molecule has 0 unspecified atom stereocenters. The predicted octanol–water partition coefficient (Wildman–Crippen LogP) is 1.10. The molecule has 0 aliphatic heterocycles. The number of aromatic nitrogens is 2. The van der Waals surface area contributed by atoms with Gasteiger partial charge in [-0.15, -0.1) is 0 Å². The molecule has 1 aliphatic rings. The molecule has 0 saturated heterocycles. The maximum Gasteiger partial charge on any atom is 0.358 e. The first-order valence-corrected chi connectivity index (χ1v) is 6.51. The Labute approximate surface area is 118 Å². The van der Waals surface area contributed by atoms with E-state index in [4.69, 9.17) is 9.63 Å². The smallest absolute Gasteiger partial charge is 0.358 e. The largest absolute Gasteiger partial charge is 0.476 e. The molecule has 0 atom stereocenters. The molecule has 21 heavy (non-hydrogen) atoms. The first-order chi connectivity index (χ1) is 10.1. The highest BCUT2D eigenvalue weighted by atomic mass is 16.5. The molecule has 7 heteroatoms. The van der Waals surface area contributed by atoms with E-state index in [0.717, 1.165) is 0 Å². The molecule has 0 aromatic carbocycles. The van der Waals surface area contributed by atoms with Crippen molar-refractivity contribution in [2.75, 3.05) is 0 Å². The van der Waals surface area contributed by atoms with Gasteiger partial charge in [0.1, 0.15) is 0 Å². The van der Waals surface area contributed by atoms with Gasteiger partial charge in [0.2, 0.25) is 0 Å². The molecule has 1 aliphatic carbocycles. The third-order valence-electron chi connectivity index (χ3n) is 3.51. The number of carboxylic acid groups (broad SMARTS) is 1. The summed E-state index contributed by atoms with van der Waals surface area (Å²) in [6.45, 7) is 0.0650. The minimum absolute atomic E-state index is 0.0220. The Hall–Kier alpha value is -2.70. The normalized spacial score (nSPS) is 14.0. The number of pyridine rings is 1. The summed E-state index contributed by atoms with van der Waals surface area (Å²) in [4.78, 5) is 34.7. The van der Waals surface area contributed by atoms with Crippen LogP contribution in [0.1, 0.15) is 45.1 Å². The van der Waals surface area contributed by atoms with Crippen molar-refractivity contribution in [3.8, 4) is 0 Å². The minimum Gasteiger partial charge on any atom is -0.476 e. The molecule has 2 aromatic rings. The molecule has 0 radical (unpaired) electrons. The summed E-state index contributed by atoms with van der Waals surface area (Å²) in [6, 6.07) is 4.17. The van der Waals surface area contributed by atoms with Crippen molar-refractivity contribution in [3.05, 3.63) is 51.3 Å². The van der Waals surface area contributed by atoms with Gasteiger partial charge < -0.3 is 14.2 Å². The van der Waals surface area contributed by atoms with Gasteiger partial charge in [-0.05, 0) is 18.9 Å². The summed E-state index contributed by atoms with van der Waals surface area (Å²) in [5.41, 5.74) is 0.765. The molecule has 2 heterocycles. The van der Waals surface area contributed by atoms with Gasteiger partial charge >= 0.3 is 5.97 Å². The molecule has 1 N–H and O–H groups in total. The Bertz CT molecular complexity index is 787. The summed E-state index contributed by atoms with van der Waals surface area (Å²) in [6.07, 6.45) is 1.82. The fourth-order valence-corrected chi connectivity index (χ4v) is 2.51. The van der Waals surface area contributed by atoms with Crippen molar-refractivity contribution in [1.29, 1.82) is 0 Å². The molecular formula is C14H12N2O5. The lowest BCUT2D eigenvalue weighted by Crippen LogP contribution is -2.28. The van der Waals surface area contributed by atoms with Crippen LogP contribution in [-0.4, -0.2) is 26.6 Å². The van der Waals surface area contributed by atoms with Crippen LogP contribution in [0.3, 0.4) is 0 Å². The van der Waals surface area contributed by atoms with E-state index in [1.165, 1.54) is 16.7 Å². The molecule has 0 spiro atoms. The molecule has 0 fully saturated rings. The zero-order valence-electron chi connectivity index (χ0n) is 11.0. The van der Waals surface area contributed by atoms with Crippen molar-refractivity contribution < 1.29 is 19.2 Å². The SMILES string of the molecule is O=C(O)c1cc(Cn2c3c(ccc2=O)C(=O)CCC3)on1. The summed E-state index contributed by atoms with van der Waals surface area (Å²) in [7, 11) is 0. The van der Waals surface area contributed by atoms with Crippen LogP contribution in [0.4, 0.5) is 0 Å². The fraction of sp³-hybridized carbons (Fsp3) is 0.286. The second-order valence-corrected chi connectivity index (χ2v) is 4.88. The van der Waals surface area contributed by atoms with Gasteiger partial charge in [0.15, 0.2) is 17.2 Å². The van der Waals surface area contributed by atoms with Crippen LogP contribution in [0, 0.1) is 0 Å². The number of Topliss-reactive ketones (excluding diaryl/α,β-unsaturated/α-hetero) is 1. The number of fused-ring (bicyclic) bond motifs is 1. The van der Waals surface area contributed by atoms with Crippen LogP contribution in [0.25, 0.3) is 0 Å². The highest BCUT2D eigenvalue weighted by Gasteiger charge is 2.21. The van der Waals surface area contributed by atoms with Crippen molar-refractivity contribution in [1.82, 2.24) is 9.72 Å². The Kier molecular flexibility index (Phi) is 3.17. The van der Waals surface area contributed by atoms with Crippen LogP contribution in [0.5, 0.6) is 0 Å². The number of carbonyl (C=O) groups excluding carboxylic acids is 1. The topological polar surface area (TPSA) is 102 Å². The van der Waals surface area contributed by atoms with Gasteiger partial charge in [0, 0.05) is 29.8 Å². The van der Waals surface area contributed by atoms with Crippen LogP contribution in [0.2, 0.25) is 0 Å². The van der Waals surface area contributed by atoms with Crippen molar-refractivity contribution in [2.24, 2.45) is 0 Å². The third-order valence-corrected chi connectivity index (χ3v) is 3.51. The van der Waals surface area contributed by atoms with Gasteiger partial charge in [-0.3, -0.25) is 9.59 Å². The second kappa shape index (κ2) is 5.01. The second-order valence-electron chi connectivity index (χ2n) is 4.88. The number of carbonyl (C=O) groups is 2. The standard InChI is InChI=1S/C14H12N2O5/c17-12-3-1-2-11-9(12)4-5-13(18)16(11)7-8-6-10(14(19)20)15-21-8/h4-6H,1-3,7H2,(H,19,20). The molecule has 108 valence electrons. The van der Waals surface area contributed by atoms with Crippen molar-refractivity contribution in [2.45, 2.75) is 25.8 Å². The van der Waals surface area contributed by atoms with Crippen molar-refractivity contribution in [3.63, 3.8) is 0 Å². The van der Waals surface area contributed by atoms with Gasteiger partial charge in [-0.1, -0.05) is 5.16 Å². The number of carboxylic acids is 1. The van der Waals surface area contributed by atoms with E-state index in [2.05, 4.69) is 5.16 Å².